The van der Waals surface area contributed by atoms with Gasteiger partial charge >= 0.3 is 6.18 Å². The molecule has 0 spiro atoms. The van der Waals surface area contributed by atoms with Crippen LogP contribution in [0.2, 0.25) is 5.02 Å². The summed E-state index contributed by atoms with van der Waals surface area (Å²) in [5, 5.41) is 6.12. The van der Waals surface area contributed by atoms with E-state index in [-0.39, 0.29) is 10.7 Å². The van der Waals surface area contributed by atoms with Crippen molar-refractivity contribution >= 4 is 28.6 Å². The van der Waals surface area contributed by atoms with Crippen LogP contribution < -0.4 is 0 Å². The van der Waals surface area contributed by atoms with Gasteiger partial charge in [-0.1, -0.05) is 17.7 Å². The minimum Gasteiger partial charge on any atom is -0.254 e. The van der Waals surface area contributed by atoms with E-state index in [2.05, 4.69) is 15.1 Å². The van der Waals surface area contributed by atoms with Gasteiger partial charge in [-0.25, -0.2) is 9.50 Å². The number of rotatable bonds is 2. The molecule has 0 amide bonds. The van der Waals surface area contributed by atoms with Crippen molar-refractivity contribution in [3.8, 4) is 21.7 Å². The lowest BCUT2D eigenvalue weighted by atomic mass is 10.2. The number of alkyl halides is 3. The molecule has 0 aliphatic carbocycles. The third-order valence-corrected chi connectivity index (χ3v) is 4.78. The minimum atomic E-state index is -4.49. The second-order valence-corrected chi connectivity index (χ2v) is 6.55. The predicted molar refractivity (Wildman–Crippen MR) is 89.5 cm³/mol. The molecule has 9 heteroatoms. The van der Waals surface area contributed by atoms with E-state index in [0.717, 1.165) is 22.7 Å². The summed E-state index contributed by atoms with van der Waals surface area (Å²) < 4.78 is 39.7. The number of pyridine rings is 1. The molecule has 0 aliphatic heterocycles. The van der Waals surface area contributed by atoms with Crippen LogP contribution in [0.15, 0.2) is 48.4 Å². The Morgan fingerprint density at radius 2 is 1.96 bits per heavy atom. The van der Waals surface area contributed by atoms with Crippen LogP contribution in [-0.2, 0) is 6.18 Å². The first-order chi connectivity index (χ1) is 11.9. The summed E-state index contributed by atoms with van der Waals surface area (Å²) in [4.78, 5) is 9.25. The lowest BCUT2D eigenvalue weighted by molar-refractivity contribution is -0.137. The Bertz CT molecular complexity index is 1060. The SMILES string of the molecule is FC(F)(F)c1cnc(-c2cnc3c(-c4cccs4)cnn3c2)c(Cl)c1. The fraction of sp³-hybridized carbons (Fsp3) is 0.0625. The number of hydrogen-bond acceptors (Lipinski definition) is 4. The first-order valence-corrected chi connectivity index (χ1v) is 8.29. The van der Waals surface area contributed by atoms with Crippen molar-refractivity contribution in [3.05, 3.63) is 59.0 Å². The van der Waals surface area contributed by atoms with Crippen molar-refractivity contribution < 1.29 is 13.2 Å². The fourth-order valence-electron chi connectivity index (χ4n) is 2.41. The normalized spacial score (nSPS) is 12.0. The molecular formula is C16H8ClF3N4S. The highest BCUT2D eigenvalue weighted by molar-refractivity contribution is 7.13. The molecule has 4 heterocycles. The van der Waals surface area contributed by atoms with Gasteiger partial charge in [-0.15, -0.1) is 11.3 Å². The Kier molecular flexibility index (Phi) is 3.73. The monoisotopic (exact) mass is 380 g/mol. The topological polar surface area (TPSA) is 43.1 Å². The van der Waals surface area contributed by atoms with Crippen LogP contribution in [0.5, 0.6) is 0 Å². The highest BCUT2D eigenvalue weighted by Crippen LogP contribution is 2.34. The van der Waals surface area contributed by atoms with Crippen LogP contribution in [-0.4, -0.2) is 19.6 Å². The van der Waals surface area contributed by atoms with Crippen molar-refractivity contribution in [2.75, 3.05) is 0 Å². The Morgan fingerprint density at radius 3 is 2.64 bits per heavy atom. The van der Waals surface area contributed by atoms with Gasteiger partial charge in [-0.05, 0) is 17.5 Å². The van der Waals surface area contributed by atoms with Crippen LogP contribution in [0.4, 0.5) is 13.2 Å². The number of hydrogen-bond donors (Lipinski definition) is 0. The number of halogens is 4. The molecule has 0 saturated heterocycles. The van der Waals surface area contributed by atoms with E-state index >= 15 is 0 Å². The molecule has 126 valence electrons. The van der Waals surface area contributed by atoms with E-state index in [1.807, 2.05) is 17.5 Å². The molecule has 0 unspecified atom stereocenters. The number of fused-ring (bicyclic) bond motifs is 1. The molecule has 0 aliphatic rings. The zero-order valence-electron chi connectivity index (χ0n) is 12.3. The number of aromatic nitrogens is 4. The van der Waals surface area contributed by atoms with Gasteiger partial charge in [0.05, 0.1) is 28.0 Å². The molecule has 0 saturated carbocycles. The Balaban J connectivity index is 1.78. The standard InChI is InChI=1S/C16H8ClF3N4S/c17-12-4-10(16(18,19)20)6-21-14(12)9-5-22-15-11(7-23-24(15)8-9)13-2-1-3-25-13/h1-8H. The van der Waals surface area contributed by atoms with E-state index < -0.39 is 11.7 Å². The zero-order chi connectivity index (χ0) is 17.6. The molecule has 0 bridgehead atoms. The summed E-state index contributed by atoms with van der Waals surface area (Å²) in [6, 6.07) is 4.75. The molecule has 0 fully saturated rings. The molecular weight excluding hydrogens is 373 g/mol. The summed E-state index contributed by atoms with van der Waals surface area (Å²) in [6.45, 7) is 0. The first kappa shape index (κ1) is 16.0. The zero-order valence-corrected chi connectivity index (χ0v) is 13.9. The molecule has 0 atom stereocenters. The molecule has 4 nitrogen and oxygen atoms in total. The molecule has 4 aromatic rings. The Hall–Kier alpha value is -2.45. The van der Waals surface area contributed by atoms with Crippen molar-refractivity contribution in [2.24, 2.45) is 0 Å². The molecule has 0 N–H and O–H groups in total. The average molecular weight is 381 g/mol. The van der Waals surface area contributed by atoms with Crippen LogP contribution in [0.1, 0.15) is 5.56 Å². The molecule has 0 radical (unpaired) electrons. The molecule has 25 heavy (non-hydrogen) atoms. The average Bonchev–Trinajstić information content (AvgIpc) is 3.22. The number of thiophene rings is 1. The van der Waals surface area contributed by atoms with Crippen molar-refractivity contribution in [3.63, 3.8) is 0 Å². The van der Waals surface area contributed by atoms with Gasteiger partial charge < -0.3 is 0 Å². The summed E-state index contributed by atoms with van der Waals surface area (Å²) in [7, 11) is 0. The third-order valence-electron chi connectivity index (χ3n) is 3.59. The van der Waals surface area contributed by atoms with Crippen molar-refractivity contribution in [2.45, 2.75) is 6.18 Å². The van der Waals surface area contributed by atoms with Crippen LogP contribution in [0.25, 0.3) is 27.3 Å². The lowest BCUT2D eigenvalue weighted by Crippen LogP contribution is -2.06. The second-order valence-electron chi connectivity index (χ2n) is 5.20. The van der Waals surface area contributed by atoms with E-state index in [0.29, 0.717) is 11.2 Å². The maximum Gasteiger partial charge on any atom is 0.417 e. The largest absolute Gasteiger partial charge is 0.417 e. The van der Waals surface area contributed by atoms with Gasteiger partial charge in [0, 0.05) is 29.0 Å². The molecule has 4 rings (SSSR count). The smallest absolute Gasteiger partial charge is 0.254 e. The molecule has 0 aromatic carbocycles. The summed E-state index contributed by atoms with van der Waals surface area (Å²) in [6.07, 6.45) is 1.12. The maximum absolute atomic E-state index is 12.7. The van der Waals surface area contributed by atoms with Gasteiger partial charge in [0.2, 0.25) is 0 Å². The van der Waals surface area contributed by atoms with Gasteiger partial charge in [-0.2, -0.15) is 18.3 Å². The van der Waals surface area contributed by atoms with Crippen LogP contribution in [0.3, 0.4) is 0 Å². The lowest BCUT2D eigenvalue weighted by Gasteiger charge is -2.09. The third kappa shape index (κ3) is 2.87. The van der Waals surface area contributed by atoms with Crippen molar-refractivity contribution in [1.82, 2.24) is 19.6 Å². The van der Waals surface area contributed by atoms with Crippen molar-refractivity contribution in [1.29, 1.82) is 0 Å². The summed E-state index contributed by atoms with van der Waals surface area (Å²) >= 11 is 7.56. The van der Waals surface area contributed by atoms with Gasteiger partial charge in [0.1, 0.15) is 0 Å². The maximum atomic E-state index is 12.7. The second kappa shape index (κ2) is 5.82. The fourth-order valence-corrected chi connectivity index (χ4v) is 3.42. The van der Waals surface area contributed by atoms with Gasteiger partial charge in [0.25, 0.3) is 0 Å². The Labute approximate surface area is 148 Å². The van der Waals surface area contributed by atoms with E-state index in [1.165, 1.54) is 6.20 Å². The highest BCUT2D eigenvalue weighted by Gasteiger charge is 2.31. The summed E-state index contributed by atoms with van der Waals surface area (Å²) in [5.41, 5.74) is 1.33. The van der Waals surface area contributed by atoms with Gasteiger partial charge in [0.15, 0.2) is 5.65 Å². The molecule has 4 aromatic heterocycles. The van der Waals surface area contributed by atoms with E-state index in [9.17, 15) is 13.2 Å². The first-order valence-electron chi connectivity index (χ1n) is 7.04. The predicted octanol–water partition coefficient (Wildman–Crippen LogP) is 5.19. The highest BCUT2D eigenvalue weighted by atomic mass is 35.5. The van der Waals surface area contributed by atoms with Crippen LogP contribution in [0, 0.1) is 0 Å². The summed E-state index contributed by atoms with van der Waals surface area (Å²) in [5.74, 6) is 0. The Morgan fingerprint density at radius 1 is 1.12 bits per heavy atom. The number of nitrogens with zero attached hydrogens (tertiary/aromatic N) is 4. The quantitative estimate of drug-likeness (QED) is 0.480. The van der Waals surface area contributed by atoms with E-state index in [1.54, 1.807) is 28.2 Å². The van der Waals surface area contributed by atoms with Crippen LogP contribution >= 0.6 is 22.9 Å². The minimum absolute atomic E-state index is 0.0957. The van der Waals surface area contributed by atoms with Gasteiger partial charge in [-0.3, -0.25) is 4.98 Å². The van der Waals surface area contributed by atoms with E-state index in [4.69, 9.17) is 11.6 Å².